The number of fused-ring (bicyclic) bond motifs is 1. The quantitative estimate of drug-likeness (QED) is 0.885. The summed E-state index contributed by atoms with van der Waals surface area (Å²) in [4.78, 5) is 29.8. The molecular formula is C20H26N4O2. The first-order chi connectivity index (χ1) is 12.4. The molecule has 0 aliphatic carbocycles. The molecule has 6 nitrogen and oxygen atoms in total. The van der Waals surface area contributed by atoms with E-state index in [2.05, 4.69) is 15.6 Å². The molecule has 1 aliphatic heterocycles. The molecule has 0 bridgehead atoms. The normalized spacial score (nSPS) is 13.4. The van der Waals surface area contributed by atoms with Gasteiger partial charge in [0.25, 0.3) is 11.8 Å². The number of carbonyl (C=O) groups is 2. The van der Waals surface area contributed by atoms with E-state index < -0.39 is 0 Å². The minimum absolute atomic E-state index is 0.0238. The Labute approximate surface area is 154 Å². The summed E-state index contributed by atoms with van der Waals surface area (Å²) in [6.07, 6.45) is 2.76. The summed E-state index contributed by atoms with van der Waals surface area (Å²) >= 11 is 0. The van der Waals surface area contributed by atoms with E-state index in [-0.39, 0.29) is 17.9 Å². The average Bonchev–Trinajstić information content (AvgIpc) is 2.97. The molecule has 0 atom stereocenters. The third-order valence-electron chi connectivity index (χ3n) is 4.60. The molecule has 0 saturated heterocycles. The summed E-state index contributed by atoms with van der Waals surface area (Å²) < 4.78 is 1.90. The van der Waals surface area contributed by atoms with E-state index in [1.54, 1.807) is 0 Å². The number of rotatable bonds is 4. The summed E-state index contributed by atoms with van der Waals surface area (Å²) in [7, 11) is 0. The van der Waals surface area contributed by atoms with Crippen LogP contribution in [0, 0.1) is 13.8 Å². The van der Waals surface area contributed by atoms with Gasteiger partial charge in [-0.05, 0) is 64.2 Å². The molecule has 1 aromatic heterocycles. The van der Waals surface area contributed by atoms with Gasteiger partial charge in [-0.3, -0.25) is 9.59 Å². The maximum absolute atomic E-state index is 12.9. The van der Waals surface area contributed by atoms with Crippen molar-refractivity contribution in [1.82, 2.24) is 14.9 Å². The Kier molecular flexibility index (Phi) is 5.11. The highest BCUT2D eigenvalue weighted by Gasteiger charge is 2.27. The molecule has 2 amide bonds. The minimum atomic E-state index is -0.273. The van der Waals surface area contributed by atoms with Gasteiger partial charge >= 0.3 is 0 Å². The molecule has 138 valence electrons. The number of anilines is 1. The van der Waals surface area contributed by atoms with Crippen LogP contribution in [0.15, 0.2) is 18.2 Å². The second kappa shape index (κ2) is 7.32. The van der Waals surface area contributed by atoms with Gasteiger partial charge in [0, 0.05) is 18.3 Å². The second-order valence-electron chi connectivity index (χ2n) is 7.24. The zero-order valence-corrected chi connectivity index (χ0v) is 15.8. The Morgan fingerprint density at radius 2 is 1.92 bits per heavy atom. The van der Waals surface area contributed by atoms with Gasteiger partial charge in [-0.15, -0.1) is 0 Å². The molecule has 0 fully saturated rings. The summed E-state index contributed by atoms with van der Waals surface area (Å²) in [5, 5.41) is 5.84. The van der Waals surface area contributed by atoms with Crippen molar-refractivity contribution in [2.24, 2.45) is 0 Å². The van der Waals surface area contributed by atoms with Crippen molar-refractivity contribution >= 4 is 17.5 Å². The van der Waals surface area contributed by atoms with Gasteiger partial charge in [0.1, 0.15) is 5.69 Å². The number of imidazole rings is 1. The van der Waals surface area contributed by atoms with Gasteiger partial charge in [0.05, 0.1) is 5.69 Å². The zero-order valence-electron chi connectivity index (χ0n) is 15.8. The number of hydrogen-bond acceptors (Lipinski definition) is 3. The third-order valence-corrected chi connectivity index (χ3v) is 4.60. The molecule has 2 aromatic rings. The van der Waals surface area contributed by atoms with Gasteiger partial charge in [0.15, 0.2) is 5.82 Å². The number of nitrogens with zero attached hydrogens (tertiary/aromatic N) is 2. The van der Waals surface area contributed by atoms with Crippen LogP contribution in [-0.2, 0) is 13.0 Å². The van der Waals surface area contributed by atoms with Gasteiger partial charge in [0.2, 0.25) is 0 Å². The van der Waals surface area contributed by atoms with Crippen molar-refractivity contribution in [2.75, 3.05) is 5.32 Å². The van der Waals surface area contributed by atoms with Crippen molar-refractivity contribution in [3.05, 3.63) is 46.5 Å². The van der Waals surface area contributed by atoms with Crippen LogP contribution >= 0.6 is 0 Å². The zero-order chi connectivity index (χ0) is 18.8. The molecule has 2 heterocycles. The molecule has 1 aliphatic rings. The van der Waals surface area contributed by atoms with E-state index in [1.165, 1.54) is 0 Å². The molecule has 2 N–H and O–H groups in total. The maximum atomic E-state index is 12.9. The molecule has 1 aromatic carbocycles. The highest BCUT2D eigenvalue weighted by atomic mass is 16.2. The first-order valence-corrected chi connectivity index (χ1v) is 9.15. The van der Waals surface area contributed by atoms with Crippen LogP contribution in [0.2, 0.25) is 0 Å². The fraction of sp³-hybridized carbons (Fsp3) is 0.450. The SMILES string of the molecule is Cc1ccc(C)c(NC(=O)c2nc(C(=O)NC(C)C)c3n2CCCC3)c1. The van der Waals surface area contributed by atoms with E-state index in [0.717, 1.165) is 41.8 Å². The van der Waals surface area contributed by atoms with Crippen molar-refractivity contribution in [2.45, 2.75) is 59.5 Å². The Hall–Kier alpha value is -2.63. The summed E-state index contributed by atoms with van der Waals surface area (Å²) in [6.45, 7) is 8.48. The lowest BCUT2D eigenvalue weighted by molar-refractivity contribution is 0.0937. The van der Waals surface area contributed by atoms with Crippen LogP contribution in [-0.4, -0.2) is 27.4 Å². The van der Waals surface area contributed by atoms with Crippen LogP contribution in [0.1, 0.15) is 64.6 Å². The minimum Gasteiger partial charge on any atom is -0.348 e. The Morgan fingerprint density at radius 3 is 2.65 bits per heavy atom. The standard InChI is InChI=1S/C20H26N4O2/c1-12(2)21-19(25)17-16-7-5-6-10-24(16)18(23-17)20(26)22-15-11-13(3)8-9-14(15)4/h8-9,11-12H,5-7,10H2,1-4H3,(H,21,25)(H,22,26). The predicted octanol–water partition coefficient (Wildman–Crippen LogP) is 3.23. The first kappa shape index (κ1) is 18.2. The Morgan fingerprint density at radius 1 is 1.15 bits per heavy atom. The smallest absolute Gasteiger partial charge is 0.291 e. The Balaban J connectivity index is 1.94. The van der Waals surface area contributed by atoms with E-state index >= 15 is 0 Å². The van der Waals surface area contributed by atoms with Crippen LogP contribution in [0.4, 0.5) is 5.69 Å². The fourth-order valence-electron chi connectivity index (χ4n) is 3.28. The number of benzene rings is 1. The first-order valence-electron chi connectivity index (χ1n) is 9.15. The molecule has 0 unspecified atom stereocenters. The lowest BCUT2D eigenvalue weighted by Gasteiger charge is -2.17. The van der Waals surface area contributed by atoms with E-state index in [4.69, 9.17) is 0 Å². The highest BCUT2D eigenvalue weighted by Crippen LogP contribution is 2.23. The lowest BCUT2D eigenvalue weighted by Crippen LogP contribution is -2.31. The van der Waals surface area contributed by atoms with Crippen molar-refractivity contribution in [1.29, 1.82) is 0 Å². The summed E-state index contributed by atoms with van der Waals surface area (Å²) in [6, 6.07) is 5.96. The monoisotopic (exact) mass is 354 g/mol. The number of hydrogen-bond donors (Lipinski definition) is 2. The summed E-state index contributed by atoms with van der Waals surface area (Å²) in [5.74, 6) is -0.170. The lowest BCUT2D eigenvalue weighted by atomic mass is 10.1. The second-order valence-corrected chi connectivity index (χ2v) is 7.24. The molecule has 26 heavy (non-hydrogen) atoms. The fourth-order valence-corrected chi connectivity index (χ4v) is 3.28. The van der Waals surface area contributed by atoms with Crippen LogP contribution < -0.4 is 10.6 Å². The van der Waals surface area contributed by atoms with E-state index in [0.29, 0.717) is 18.1 Å². The number of aryl methyl sites for hydroxylation is 2. The van der Waals surface area contributed by atoms with E-state index in [1.807, 2.05) is 50.5 Å². The van der Waals surface area contributed by atoms with Crippen molar-refractivity contribution in [3.8, 4) is 0 Å². The van der Waals surface area contributed by atoms with E-state index in [9.17, 15) is 9.59 Å². The van der Waals surface area contributed by atoms with Crippen LogP contribution in [0.3, 0.4) is 0 Å². The van der Waals surface area contributed by atoms with Gasteiger partial charge in [-0.2, -0.15) is 0 Å². The number of nitrogens with one attached hydrogen (secondary N) is 2. The molecule has 0 spiro atoms. The molecule has 0 radical (unpaired) electrons. The Bertz CT molecular complexity index is 852. The average molecular weight is 354 g/mol. The van der Waals surface area contributed by atoms with Crippen LogP contribution in [0.25, 0.3) is 0 Å². The van der Waals surface area contributed by atoms with Crippen molar-refractivity contribution in [3.63, 3.8) is 0 Å². The number of amides is 2. The molecule has 3 rings (SSSR count). The number of carbonyl (C=O) groups excluding carboxylic acids is 2. The molecule has 6 heteroatoms. The van der Waals surface area contributed by atoms with Crippen LogP contribution in [0.5, 0.6) is 0 Å². The predicted molar refractivity (Wildman–Crippen MR) is 102 cm³/mol. The van der Waals surface area contributed by atoms with Gasteiger partial charge in [-0.1, -0.05) is 12.1 Å². The summed E-state index contributed by atoms with van der Waals surface area (Å²) in [5.41, 5.74) is 4.08. The number of aromatic nitrogens is 2. The topological polar surface area (TPSA) is 76.0 Å². The van der Waals surface area contributed by atoms with Gasteiger partial charge < -0.3 is 15.2 Å². The van der Waals surface area contributed by atoms with Gasteiger partial charge in [-0.25, -0.2) is 4.98 Å². The third kappa shape index (κ3) is 3.64. The van der Waals surface area contributed by atoms with Crippen molar-refractivity contribution < 1.29 is 9.59 Å². The molecule has 0 saturated carbocycles. The molecular weight excluding hydrogens is 328 g/mol. The maximum Gasteiger partial charge on any atom is 0.291 e. The highest BCUT2D eigenvalue weighted by molar-refractivity contribution is 6.04. The largest absolute Gasteiger partial charge is 0.348 e.